The van der Waals surface area contributed by atoms with Crippen molar-refractivity contribution in [2.45, 2.75) is 25.2 Å². The van der Waals surface area contributed by atoms with E-state index in [0.29, 0.717) is 18.1 Å². The van der Waals surface area contributed by atoms with Gasteiger partial charge in [-0.25, -0.2) is 21.6 Å². The average molecular weight is 430 g/mol. The molecule has 1 aromatic heterocycles. The Bertz CT molecular complexity index is 1020. The van der Waals surface area contributed by atoms with Crippen LogP contribution in [0.4, 0.5) is 13.2 Å². The lowest BCUT2D eigenvalue weighted by atomic mass is 10.1. The van der Waals surface area contributed by atoms with Crippen LogP contribution in [0.15, 0.2) is 23.1 Å². The maximum atomic E-state index is 13.9. The van der Waals surface area contributed by atoms with E-state index < -0.39 is 32.4 Å². The predicted octanol–water partition coefficient (Wildman–Crippen LogP) is 2.17. The Morgan fingerprint density at radius 1 is 1.14 bits per heavy atom. The van der Waals surface area contributed by atoms with Crippen molar-refractivity contribution in [3.8, 4) is 0 Å². The molecule has 158 valence electrons. The average Bonchev–Trinajstić information content (AvgIpc) is 3.13. The maximum Gasteiger partial charge on any atom is 0.274 e. The molecule has 3 rings (SSSR count). The zero-order valence-corrected chi connectivity index (χ0v) is 16.8. The zero-order valence-electron chi connectivity index (χ0n) is 16.0. The summed E-state index contributed by atoms with van der Waals surface area (Å²) in [5.41, 5.74) is 1.07. The Labute approximate surface area is 166 Å². The number of aromatic nitrogens is 2. The first kappa shape index (κ1) is 21.3. The molecule has 0 saturated carbocycles. The number of aromatic amines is 1. The summed E-state index contributed by atoms with van der Waals surface area (Å²) < 4.78 is 66.6. The van der Waals surface area contributed by atoms with Gasteiger partial charge in [-0.3, -0.25) is 9.89 Å². The van der Waals surface area contributed by atoms with Crippen LogP contribution in [0.5, 0.6) is 0 Å². The molecule has 29 heavy (non-hydrogen) atoms. The minimum Gasteiger partial charge on any atom is -0.335 e. The lowest BCUT2D eigenvalue weighted by molar-refractivity contribution is 0.0691. The van der Waals surface area contributed by atoms with Gasteiger partial charge in [-0.15, -0.1) is 0 Å². The lowest BCUT2D eigenvalue weighted by Gasteiger charge is -2.33. The van der Waals surface area contributed by atoms with E-state index in [2.05, 4.69) is 10.2 Å². The van der Waals surface area contributed by atoms with Crippen LogP contribution in [0.1, 0.15) is 30.0 Å². The van der Waals surface area contributed by atoms with E-state index in [0.717, 1.165) is 16.4 Å². The molecule has 0 spiro atoms. The Hall–Kier alpha value is -2.40. The molecule has 1 amide bonds. The molecular formula is C18H21F3N4O3S. The molecule has 2 heterocycles. The fourth-order valence-electron chi connectivity index (χ4n) is 3.16. The zero-order chi connectivity index (χ0) is 21.3. The van der Waals surface area contributed by atoms with Crippen molar-refractivity contribution in [1.29, 1.82) is 0 Å². The van der Waals surface area contributed by atoms with E-state index >= 15 is 0 Å². The van der Waals surface area contributed by atoms with Gasteiger partial charge >= 0.3 is 0 Å². The molecule has 1 aromatic carbocycles. The molecule has 2 aromatic rings. The smallest absolute Gasteiger partial charge is 0.274 e. The Balaban J connectivity index is 1.69. The SMILES string of the molecule is CC(C)Cc1cc(C(=O)N2CCN(S(=O)(=O)c3ccc(F)c(F)c3F)CC2)n[nH]1. The van der Waals surface area contributed by atoms with Gasteiger partial charge in [0.1, 0.15) is 10.6 Å². The first-order valence-electron chi connectivity index (χ1n) is 9.08. The minimum atomic E-state index is -4.36. The number of carbonyl (C=O) groups excluding carboxylic acids is 1. The highest BCUT2D eigenvalue weighted by atomic mass is 32.2. The number of H-pyrrole nitrogens is 1. The second-order valence-corrected chi connectivity index (χ2v) is 9.15. The van der Waals surface area contributed by atoms with Gasteiger partial charge in [-0.2, -0.15) is 9.40 Å². The van der Waals surface area contributed by atoms with Gasteiger partial charge in [-0.1, -0.05) is 13.8 Å². The monoisotopic (exact) mass is 430 g/mol. The van der Waals surface area contributed by atoms with E-state index in [1.54, 1.807) is 6.07 Å². The third-order valence-corrected chi connectivity index (χ3v) is 6.54. The summed E-state index contributed by atoms with van der Waals surface area (Å²) in [5.74, 6) is -5.00. The molecular weight excluding hydrogens is 409 g/mol. The van der Waals surface area contributed by atoms with E-state index in [1.807, 2.05) is 13.8 Å². The molecule has 1 aliphatic rings. The normalized spacial score (nSPS) is 15.9. The predicted molar refractivity (Wildman–Crippen MR) is 98.1 cm³/mol. The number of amides is 1. The second-order valence-electron chi connectivity index (χ2n) is 7.25. The largest absolute Gasteiger partial charge is 0.335 e. The molecule has 1 fully saturated rings. The van der Waals surface area contributed by atoms with Crippen molar-refractivity contribution < 1.29 is 26.4 Å². The van der Waals surface area contributed by atoms with Crippen LogP contribution in [0.25, 0.3) is 0 Å². The van der Waals surface area contributed by atoms with Crippen molar-refractivity contribution >= 4 is 15.9 Å². The van der Waals surface area contributed by atoms with Gasteiger partial charge < -0.3 is 4.90 Å². The van der Waals surface area contributed by atoms with Crippen LogP contribution in [-0.4, -0.2) is 59.9 Å². The number of nitrogens with one attached hydrogen (secondary N) is 1. The summed E-state index contributed by atoms with van der Waals surface area (Å²) in [6.07, 6.45) is 0.742. The molecule has 1 aliphatic heterocycles. The second kappa shape index (κ2) is 8.15. The number of carbonyl (C=O) groups is 1. The Morgan fingerprint density at radius 2 is 1.79 bits per heavy atom. The summed E-state index contributed by atoms with van der Waals surface area (Å²) in [6.45, 7) is 4.01. The van der Waals surface area contributed by atoms with Gasteiger partial charge in [0.05, 0.1) is 0 Å². The summed E-state index contributed by atoms with van der Waals surface area (Å²) in [5, 5.41) is 6.83. The van der Waals surface area contributed by atoms with E-state index in [9.17, 15) is 26.4 Å². The van der Waals surface area contributed by atoms with Crippen LogP contribution in [0.2, 0.25) is 0 Å². The van der Waals surface area contributed by atoms with Crippen molar-refractivity contribution in [2.75, 3.05) is 26.2 Å². The van der Waals surface area contributed by atoms with E-state index in [1.165, 1.54) is 4.90 Å². The fraction of sp³-hybridized carbons (Fsp3) is 0.444. The number of piperazine rings is 1. The van der Waals surface area contributed by atoms with Crippen LogP contribution < -0.4 is 0 Å². The van der Waals surface area contributed by atoms with Crippen molar-refractivity contribution in [3.05, 3.63) is 47.0 Å². The van der Waals surface area contributed by atoms with Gasteiger partial charge in [0.25, 0.3) is 5.91 Å². The first-order chi connectivity index (χ1) is 13.6. The molecule has 0 atom stereocenters. The summed E-state index contributed by atoms with van der Waals surface area (Å²) in [7, 11) is -4.36. The molecule has 0 radical (unpaired) electrons. The molecule has 0 unspecified atom stereocenters. The fourth-order valence-corrected chi connectivity index (χ4v) is 4.63. The number of sulfonamides is 1. The van der Waals surface area contributed by atoms with Crippen LogP contribution in [0.3, 0.4) is 0 Å². The van der Waals surface area contributed by atoms with Gasteiger partial charge in [-0.05, 0) is 30.5 Å². The highest BCUT2D eigenvalue weighted by Crippen LogP contribution is 2.24. The van der Waals surface area contributed by atoms with Gasteiger partial charge in [0.15, 0.2) is 17.5 Å². The number of halogens is 3. The van der Waals surface area contributed by atoms with E-state index in [4.69, 9.17) is 0 Å². The van der Waals surface area contributed by atoms with Crippen molar-refractivity contribution in [1.82, 2.24) is 19.4 Å². The molecule has 7 nitrogen and oxygen atoms in total. The molecule has 0 bridgehead atoms. The first-order valence-corrected chi connectivity index (χ1v) is 10.5. The topological polar surface area (TPSA) is 86.4 Å². The number of hydrogen-bond donors (Lipinski definition) is 1. The van der Waals surface area contributed by atoms with E-state index in [-0.39, 0.29) is 37.8 Å². The highest BCUT2D eigenvalue weighted by Gasteiger charge is 2.34. The molecule has 11 heteroatoms. The van der Waals surface area contributed by atoms with Crippen LogP contribution in [-0.2, 0) is 16.4 Å². The highest BCUT2D eigenvalue weighted by molar-refractivity contribution is 7.89. The standard InChI is InChI=1S/C18H21F3N4O3S/c1-11(2)9-12-10-14(23-22-12)18(26)24-5-7-25(8-6-24)29(27,28)15-4-3-13(19)16(20)17(15)21/h3-4,10-11H,5-9H2,1-2H3,(H,22,23). The lowest BCUT2D eigenvalue weighted by Crippen LogP contribution is -2.50. The molecule has 1 saturated heterocycles. The molecule has 0 aliphatic carbocycles. The summed E-state index contributed by atoms with van der Waals surface area (Å²) >= 11 is 0. The number of nitrogens with zero attached hydrogens (tertiary/aromatic N) is 3. The third-order valence-electron chi connectivity index (χ3n) is 4.62. The summed E-state index contributed by atoms with van der Waals surface area (Å²) in [4.78, 5) is 13.1. The number of hydrogen-bond acceptors (Lipinski definition) is 4. The Morgan fingerprint density at radius 3 is 2.41 bits per heavy atom. The number of rotatable bonds is 5. The van der Waals surface area contributed by atoms with Crippen molar-refractivity contribution in [3.63, 3.8) is 0 Å². The van der Waals surface area contributed by atoms with Crippen LogP contribution in [0, 0.1) is 23.4 Å². The maximum absolute atomic E-state index is 13.9. The molecule has 1 N–H and O–H groups in total. The minimum absolute atomic E-state index is 0.0652. The van der Waals surface area contributed by atoms with Crippen molar-refractivity contribution in [2.24, 2.45) is 5.92 Å². The van der Waals surface area contributed by atoms with Crippen LogP contribution >= 0.6 is 0 Å². The number of benzene rings is 1. The third kappa shape index (κ3) is 4.30. The Kier molecular flexibility index (Phi) is 5.99. The summed E-state index contributed by atoms with van der Waals surface area (Å²) in [6, 6.07) is 2.93. The quantitative estimate of drug-likeness (QED) is 0.737. The van der Waals surface area contributed by atoms with Gasteiger partial charge in [0, 0.05) is 31.9 Å². The van der Waals surface area contributed by atoms with Gasteiger partial charge in [0.2, 0.25) is 10.0 Å².